The van der Waals surface area contributed by atoms with Crippen molar-refractivity contribution in [2.45, 2.75) is 50.2 Å². The molecule has 2 radical (unpaired) electrons. The highest BCUT2D eigenvalue weighted by molar-refractivity contribution is 9.09. The smallest absolute Gasteiger partial charge is 0.226 e. The van der Waals surface area contributed by atoms with E-state index in [1.807, 2.05) is 0 Å². The average Bonchev–Trinajstić information content (AvgIpc) is 3.46. The number of thioether (sulfide) groups is 1. The molecule has 0 fully saturated rings. The predicted octanol–water partition coefficient (Wildman–Crippen LogP) is 5.44. The third-order valence-electron chi connectivity index (χ3n) is 5.44. The fourth-order valence-electron chi connectivity index (χ4n) is 3.41. The molecule has 3 rings (SSSR count). The summed E-state index contributed by atoms with van der Waals surface area (Å²) in [7, 11) is 5.72. The van der Waals surface area contributed by atoms with Crippen molar-refractivity contribution in [3.05, 3.63) is 36.0 Å². The third-order valence-corrected chi connectivity index (χ3v) is 7.89. The molecule has 0 saturated heterocycles. The van der Waals surface area contributed by atoms with Crippen molar-refractivity contribution in [1.29, 1.82) is 0 Å². The van der Waals surface area contributed by atoms with E-state index in [1.165, 1.54) is 11.3 Å². The van der Waals surface area contributed by atoms with Crippen LogP contribution in [0.1, 0.15) is 32.8 Å². The van der Waals surface area contributed by atoms with E-state index in [0.717, 1.165) is 46.3 Å². The molecular formula is C24H32BBrN4O2S2. The summed E-state index contributed by atoms with van der Waals surface area (Å²) in [5.74, 6) is 1.43. The zero-order valence-corrected chi connectivity index (χ0v) is 23.3. The summed E-state index contributed by atoms with van der Waals surface area (Å²) in [5, 5.41) is 4.43. The molecule has 182 valence electrons. The number of aromatic nitrogens is 1. The van der Waals surface area contributed by atoms with Crippen LogP contribution in [-0.4, -0.2) is 61.5 Å². The Labute approximate surface area is 220 Å². The van der Waals surface area contributed by atoms with Crippen LogP contribution in [0.4, 0.5) is 10.8 Å². The molecular weight excluding hydrogens is 531 g/mol. The van der Waals surface area contributed by atoms with Gasteiger partial charge in [-0.05, 0) is 24.1 Å². The Morgan fingerprint density at radius 1 is 1.32 bits per heavy atom. The maximum absolute atomic E-state index is 12.4. The number of aliphatic imine (C=N–C) groups is 1. The van der Waals surface area contributed by atoms with E-state index in [1.54, 1.807) is 18.0 Å². The van der Waals surface area contributed by atoms with Crippen LogP contribution >= 0.6 is 39.0 Å². The molecule has 1 amide bonds. The third kappa shape index (κ3) is 8.31. The van der Waals surface area contributed by atoms with E-state index in [0.29, 0.717) is 30.0 Å². The Morgan fingerprint density at radius 3 is 2.74 bits per heavy atom. The maximum Gasteiger partial charge on any atom is 0.226 e. The fraction of sp³-hybridized carbons (Fsp3) is 0.542. The second kappa shape index (κ2) is 13.0. The van der Waals surface area contributed by atoms with E-state index in [4.69, 9.17) is 12.6 Å². The number of rotatable bonds is 12. The van der Waals surface area contributed by atoms with Gasteiger partial charge >= 0.3 is 0 Å². The van der Waals surface area contributed by atoms with Gasteiger partial charge in [0.15, 0.2) is 11.0 Å². The molecule has 34 heavy (non-hydrogen) atoms. The van der Waals surface area contributed by atoms with E-state index < -0.39 is 0 Å². The first-order valence-electron chi connectivity index (χ1n) is 11.5. The van der Waals surface area contributed by atoms with Crippen LogP contribution < -0.4 is 10.2 Å². The Balaban J connectivity index is 1.41. The minimum atomic E-state index is -0.0319. The maximum atomic E-state index is 12.4. The number of ether oxygens (including phenoxy) is 1. The number of amides is 1. The zero-order valence-electron chi connectivity index (χ0n) is 20.1. The lowest BCUT2D eigenvalue weighted by Gasteiger charge is -2.25. The van der Waals surface area contributed by atoms with Gasteiger partial charge in [-0.3, -0.25) is 9.79 Å². The molecule has 10 heteroatoms. The van der Waals surface area contributed by atoms with Gasteiger partial charge in [0.05, 0.1) is 30.5 Å². The Kier molecular flexibility index (Phi) is 10.3. The number of thiazole rings is 1. The van der Waals surface area contributed by atoms with Crippen LogP contribution in [0.15, 0.2) is 39.7 Å². The highest BCUT2D eigenvalue weighted by Crippen LogP contribution is 2.31. The normalized spacial score (nSPS) is 15.6. The quantitative estimate of drug-likeness (QED) is 0.212. The topological polar surface area (TPSA) is 66.8 Å². The van der Waals surface area contributed by atoms with Crippen LogP contribution in [0.3, 0.4) is 0 Å². The lowest BCUT2D eigenvalue weighted by Crippen LogP contribution is -2.29. The molecule has 1 aliphatic heterocycles. The van der Waals surface area contributed by atoms with Crippen LogP contribution in [0, 0.1) is 5.41 Å². The van der Waals surface area contributed by atoms with Crippen molar-refractivity contribution < 1.29 is 9.53 Å². The number of nitrogens with one attached hydrogen (secondary N) is 1. The van der Waals surface area contributed by atoms with Crippen LogP contribution in [0.2, 0.25) is 6.32 Å². The van der Waals surface area contributed by atoms with Crippen molar-refractivity contribution in [1.82, 2.24) is 4.98 Å². The highest BCUT2D eigenvalue weighted by atomic mass is 79.9. The number of halogens is 1. The summed E-state index contributed by atoms with van der Waals surface area (Å²) >= 11 is 6.60. The van der Waals surface area contributed by atoms with Crippen molar-refractivity contribution >= 4 is 69.5 Å². The zero-order chi connectivity index (χ0) is 24.6. The second-order valence-corrected chi connectivity index (χ2v) is 12.3. The minimum absolute atomic E-state index is 0.0319. The van der Waals surface area contributed by atoms with Gasteiger partial charge in [0, 0.05) is 35.9 Å². The number of carbonyl (C=O) groups excluding carboxylic acids is 1. The lowest BCUT2D eigenvalue weighted by molar-refractivity contribution is -0.116. The molecule has 0 aliphatic carbocycles. The first-order chi connectivity index (χ1) is 16.3. The number of anilines is 2. The van der Waals surface area contributed by atoms with E-state index >= 15 is 0 Å². The van der Waals surface area contributed by atoms with Gasteiger partial charge in [0.2, 0.25) is 5.91 Å². The van der Waals surface area contributed by atoms with E-state index in [9.17, 15) is 4.79 Å². The van der Waals surface area contributed by atoms with E-state index in [2.05, 4.69) is 81.2 Å². The number of aryl methyl sites for hydroxylation is 1. The summed E-state index contributed by atoms with van der Waals surface area (Å²) < 4.78 is 7.00. The Bertz CT molecular complexity index is 957. The van der Waals surface area contributed by atoms with Gasteiger partial charge in [0.1, 0.15) is 6.10 Å². The van der Waals surface area contributed by atoms with Gasteiger partial charge < -0.3 is 15.0 Å². The SMILES string of the molecule is [B]CCN(CCBr)c1ccc(CCC(=O)Nc2ncc(SCC3=NCC(C(C)(C)C)O3)s2)cc1. The molecule has 1 aromatic heterocycles. The molecule has 1 aromatic carbocycles. The molecule has 2 heterocycles. The molecule has 1 aliphatic rings. The Morgan fingerprint density at radius 2 is 2.09 bits per heavy atom. The van der Waals surface area contributed by atoms with Crippen molar-refractivity contribution in [3.8, 4) is 0 Å². The summed E-state index contributed by atoms with van der Waals surface area (Å²) in [6.45, 7) is 8.94. The van der Waals surface area contributed by atoms with Gasteiger partial charge in [-0.15, -0.1) is 11.8 Å². The number of nitrogens with zero attached hydrogens (tertiary/aromatic N) is 3. The van der Waals surface area contributed by atoms with Crippen LogP contribution in [0.5, 0.6) is 0 Å². The van der Waals surface area contributed by atoms with Gasteiger partial charge in [0.25, 0.3) is 0 Å². The molecule has 0 bridgehead atoms. The van der Waals surface area contributed by atoms with E-state index in [-0.39, 0.29) is 17.4 Å². The lowest BCUT2D eigenvalue weighted by atomic mass is 9.89. The standard InChI is InChI=1S/C24H32BBrN4O2S2/c1-24(2,3)19-14-27-21(32-19)16-33-22-15-28-23(34-22)29-20(31)9-6-17-4-7-18(8-5-17)30(12-10-25)13-11-26/h4-5,7-8,15,19H,6,9-14,16H2,1-3H3,(H,28,29,31). The molecule has 0 spiro atoms. The number of alkyl halides is 1. The number of carbonyl (C=O) groups is 1. The molecule has 1 N–H and O–H groups in total. The molecule has 1 atom stereocenters. The van der Waals surface area contributed by atoms with Crippen molar-refractivity contribution in [2.75, 3.05) is 40.9 Å². The largest absolute Gasteiger partial charge is 0.475 e. The van der Waals surface area contributed by atoms with Crippen molar-refractivity contribution in [3.63, 3.8) is 0 Å². The fourth-order valence-corrected chi connectivity index (χ4v) is 5.61. The monoisotopic (exact) mass is 562 g/mol. The summed E-state index contributed by atoms with van der Waals surface area (Å²) in [6.07, 6.45) is 3.64. The first kappa shape index (κ1) is 27.1. The number of hydrogen-bond donors (Lipinski definition) is 1. The highest BCUT2D eigenvalue weighted by Gasteiger charge is 2.31. The molecule has 0 saturated carbocycles. The van der Waals surface area contributed by atoms with Gasteiger partial charge in [-0.25, -0.2) is 4.98 Å². The second-order valence-electron chi connectivity index (χ2n) is 9.16. The summed E-state index contributed by atoms with van der Waals surface area (Å²) in [5.41, 5.74) is 2.36. The summed E-state index contributed by atoms with van der Waals surface area (Å²) in [6, 6.07) is 8.35. The number of benzene rings is 1. The first-order valence-corrected chi connectivity index (χ1v) is 14.4. The number of hydrogen-bond acceptors (Lipinski definition) is 7. The molecule has 2 aromatic rings. The Hall–Kier alpha value is -1.52. The van der Waals surface area contributed by atoms with Gasteiger partial charge in [-0.1, -0.05) is 66.5 Å². The van der Waals surface area contributed by atoms with Crippen LogP contribution in [-0.2, 0) is 16.0 Å². The molecule has 6 nitrogen and oxygen atoms in total. The van der Waals surface area contributed by atoms with Crippen molar-refractivity contribution in [2.24, 2.45) is 10.4 Å². The molecule has 1 unspecified atom stereocenters. The average molecular weight is 563 g/mol. The minimum Gasteiger partial charge on any atom is -0.475 e. The van der Waals surface area contributed by atoms with Crippen LogP contribution in [0.25, 0.3) is 0 Å². The predicted molar refractivity (Wildman–Crippen MR) is 149 cm³/mol. The summed E-state index contributed by atoms with van der Waals surface area (Å²) in [4.78, 5) is 23.5. The van der Waals surface area contributed by atoms with Gasteiger partial charge in [-0.2, -0.15) is 0 Å².